The number of halogens is 1. The molecule has 8 rings (SSSR count). The van der Waals surface area contributed by atoms with Crippen molar-refractivity contribution < 1.29 is 4.39 Å². The topological polar surface area (TPSA) is 17.8 Å². The summed E-state index contributed by atoms with van der Waals surface area (Å²) in [5.41, 5.74) is 6.57. The minimum absolute atomic E-state index is 0.224. The summed E-state index contributed by atoms with van der Waals surface area (Å²) < 4.78 is 18.3. The highest BCUT2D eigenvalue weighted by Gasteiger charge is 2.18. The van der Waals surface area contributed by atoms with Gasteiger partial charge in [0.2, 0.25) is 0 Å². The summed E-state index contributed by atoms with van der Waals surface area (Å²) in [7, 11) is 0. The molecule has 0 aliphatic heterocycles. The SMILES string of the molecule is Fc1ccc(-c2ccc(-c3ccnc(-n4c5ccccc5c5c6sc7ccccc7c6ccc54)c3)cc2)cc1. The summed E-state index contributed by atoms with van der Waals surface area (Å²) in [4.78, 5) is 4.83. The van der Waals surface area contributed by atoms with Gasteiger partial charge in [-0.15, -0.1) is 11.3 Å². The van der Waals surface area contributed by atoms with Crippen molar-refractivity contribution in [2.45, 2.75) is 0 Å². The molecule has 0 radical (unpaired) electrons. The Kier molecular flexibility index (Phi) is 4.91. The molecule has 0 amide bonds. The van der Waals surface area contributed by atoms with Crippen molar-refractivity contribution in [3.63, 3.8) is 0 Å². The van der Waals surface area contributed by atoms with E-state index in [0.717, 1.165) is 39.1 Å². The maximum Gasteiger partial charge on any atom is 0.138 e. The van der Waals surface area contributed by atoms with Crippen molar-refractivity contribution in [1.29, 1.82) is 0 Å². The standard InChI is InChI=1S/C35H21FN2S/c36-26-15-13-23(14-16-26)22-9-11-24(12-10-22)25-19-20-37-33(21-25)38-30-7-3-1-6-29(30)34-31(38)18-17-28-27-5-2-4-8-32(27)39-35(28)34/h1-21H. The maximum absolute atomic E-state index is 13.4. The van der Waals surface area contributed by atoms with Crippen LogP contribution in [0.25, 0.3) is 70.0 Å². The lowest BCUT2D eigenvalue weighted by atomic mass is 10.0. The monoisotopic (exact) mass is 520 g/mol. The average Bonchev–Trinajstić information content (AvgIpc) is 3.53. The van der Waals surface area contributed by atoms with E-state index in [-0.39, 0.29) is 5.82 Å². The second-order valence-electron chi connectivity index (χ2n) is 9.77. The van der Waals surface area contributed by atoms with Crippen molar-refractivity contribution in [1.82, 2.24) is 9.55 Å². The van der Waals surface area contributed by atoms with E-state index in [1.54, 1.807) is 0 Å². The molecule has 8 aromatic rings. The van der Waals surface area contributed by atoms with Gasteiger partial charge in [-0.1, -0.05) is 78.9 Å². The highest BCUT2D eigenvalue weighted by Crippen LogP contribution is 2.43. The van der Waals surface area contributed by atoms with Crippen LogP contribution in [0.3, 0.4) is 0 Å². The summed E-state index contributed by atoms with van der Waals surface area (Å²) in [5, 5.41) is 5.12. The summed E-state index contributed by atoms with van der Waals surface area (Å²) >= 11 is 1.86. The Balaban J connectivity index is 1.30. The van der Waals surface area contributed by atoms with Crippen molar-refractivity contribution in [2.75, 3.05) is 0 Å². The smallest absolute Gasteiger partial charge is 0.138 e. The van der Waals surface area contributed by atoms with Crippen molar-refractivity contribution >= 4 is 53.3 Å². The van der Waals surface area contributed by atoms with E-state index in [4.69, 9.17) is 4.98 Å². The Morgan fingerprint density at radius 2 is 1.23 bits per heavy atom. The summed E-state index contributed by atoms with van der Waals surface area (Å²) in [6.45, 7) is 0. The van der Waals surface area contributed by atoms with Crippen molar-refractivity contribution in [3.05, 3.63) is 133 Å². The molecular formula is C35H21FN2S. The predicted octanol–water partition coefficient (Wildman–Crippen LogP) is 10.0. The van der Waals surface area contributed by atoms with Crippen LogP contribution in [0.2, 0.25) is 0 Å². The van der Waals surface area contributed by atoms with Gasteiger partial charge in [0.25, 0.3) is 0 Å². The van der Waals surface area contributed by atoms with E-state index in [2.05, 4.69) is 102 Å². The molecule has 4 heteroatoms. The molecule has 2 nitrogen and oxygen atoms in total. The largest absolute Gasteiger partial charge is 0.294 e. The molecule has 0 fully saturated rings. The molecule has 39 heavy (non-hydrogen) atoms. The van der Waals surface area contributed by atoms with Gasteiger partial charge in [-0.3, -0.25) is 4.57 Å². The number of pyridine rings is 1. The molecule has 3 heterocycles. The molecule has 0 saturated carbocycles. The van der Waals surface area contributed by atoms with Crippen LogP contribution in [0.15, 0.2) is 128 Å². The Hall–Kier alpha value is -4.80. The van der Waals surface area contributed by atoms with E-state index < -0.39 is 0 Å². The number of para-hydroxylation sites is 1. The van der Waals surface area contributed by atoms with Gasteiger partial charge in [0, 0.05) is 37.1 Å². The van der Waals surface area contributed by atoms with E-state index in [0.29, 0.717) is 0 Å². The van der Waals surface area contributed by atoms with Crippen LogP contribution in [0.4, 0.5) is 4.39 Å². The maximum atomic E-state index is 13.4. The molecule has 0 bridgehead atoms. The van der Waals surface area contributed by atoms with Gasteiger partial charge >= 0.3 is 0 Å². The Morgan fingerprint density at radius 3 is 2.03 bits per heavy atom. The molecule has 0 spiro atoms. The minimum Gasteiger partial charge on any atom is -0.294 e. The van der Waals surface area contributed by atoms with Crippen molar-refractivity contribution in [2.24, 2.45) is 0 Å². The third-order valence-electron chi connectivity index (χ3n) is 7.55. The molecule has 0 N–H and O–H groups in total. The summed E-state index contributed by atoms with van der Waals surface area (Å²) in [6.07, 6.45) is 1.89. The van der Waals surface area contributed by atoms with Gasteiger partial charge in [-0.25, -0.2) is 9.37 Å². The Bertz CT molecular complexity index is 2170. The first kappa shape index (κ1) is 22.2. The quantitative estimate of drug-likeness (QED) is 0.227. The lowest BCUT2D eigenvalue weighted by Gasteiger charge is -2.10. The highest BCUT2D eigenvalue weighted by atomic mass is 32.1. The fourth-order valence-electron chi connectivity index (χ4n) is 5.70. The number of fused-ring (bicyclic) bond motifs is 7. The third kappa shape index (κ3) is 3.49. The second kappa shape index (κ2) is 8.62. The molecule has 0 saturated heterocycles. The molecule has 0 aliphatic carbocycles. The molecule has 0 atom stereocenters. The second-order valence-corrected chi connectivity index (χ2v) is 10.8. The number of benzene rings is 5. The molecule has 3 aromatic heterocycles. The van der Waals surface area contributed by atoms with Gasteiger partial charge in [0.1, 0.15) is 11.6 Å². The Morgan fingerprint density at radius 1 is 0.564 bits per heavy atom. The van der Waals surface area contributed by atoms with Gasteiger partial charge < -0.3 is 0 Å². The summed E-state index contributed by atoms with van der Waals surface area (Å²) in [6, 6.07) is 41.0. The van der Waals surface area contributed by atoms with Gasteiger partial charge in [-0.2, -0.15) is 0 Å². The fourth-order valence-corrected chi connectivity index (χ4v) is 6.96. The third-order valence-corrected chi connectivity index (χ3v) is 8.75. The number of aromatic nitrogens is 2. The van der Waals surface area contributed by atoms with Gasteiger partial charge in [0.15, 0.2) is 0 Å². The lowest BCUT2D eigenvalue weighted by molar-refractivity contribution is 0.628. The molecule has 0 unspecified atom stereocenters. The normalized spacial score (nSPS) is 11.7. The average molecular weight is 521 g/mol. The van der Waals surface area contributed by atoms with E-state index in [1.807, 2.05) is 29.7 Å². The van der Waals surface area contributed by atoms with Crippen LogP contribution in [0.5, 0.6) is 0 Å². The predicted molar refractivity (Wildman–Crippen MR) is 162 cm³/mol. The zero-order valence-corrected chi connectivity index (χ0v) is 21.6. The first-order chi connectivity index (χ1) is 19.2. The number of thiophene rings is 1. The van der Waals surface area contributed by atoms with Crippen molar-refractivity contribution in [3.8, 4) is 28.1 Å². The minimum atomic E-state index is -0.224. The van der Waals surface area contributed by atoms with Crippen LogP contribution >= 0.6 is 11.3 Å². The first-order valence-corrected chi connectivity index (χ1v) is 13.7. The zero-order valence-electron chi connectivity index (χ0n) is 20.8. The lowest BCUT2D eigenvalue weighted by Crippen LogP contribution is -1.97. The molecule has 5 aromatic carbocycles. The summed E-state index contributed by atoms with van der Waals surface area (Å²) in [5.74, 6) is 0.666. The number of nitrogens with zero attached hydrogens (tertiary/aromatic N) is 2. The zero-order chi connectivity index (χ0) is 25.9. The number of rotatable bonds is 3. The van der Waals surface area contributed by atoms with Crippen LogP contribution in [-0.4, -0.2) is 9.55 Å². The van der Waals surface area contributed by atoms with Crippen LogP contribution in [0.1, 0.15) is 0 Å². The van der Waals surface area contributed by atoms with E-state index in [9.17, 15) is 4.39 Å². The van der Waals surface area contributed by atoms with Crippen LogP contribution in [0, 0.1) is 5.82 Å². The van der Waals surface area contributed by atoms with E-state index in [1.165, 1.54) is 43.1 Å². The molecular weight excluding hydrogens is 499 g/mol. The molecule has 0 aliphatic rings. The fraction of sp³-hybridized carbons (Fsp3) is 0. The Labute approximate surface area is 228 Å². The van der Waals surface area contributed by atoms with Crippen LogP contribution in [-0.2, 0) is 0 Å². The van der Waals surface area contributed by atoms with Crippen LogP contribution < -0.4 is 0 Å². The first-order valence-electron chi connectivity index (χ1n) is 12.9. The van der Waals surface area contributed by atoms with Gasteiger partial charge in [0.05, 0.1) is 11.0 Å². The highest BCUT2D eigenvalue weighted by molar-refractivity contribution is 7.26. The number of hydrogen-bond acceptors (Lipinski definition) is 2. The number of hydrogen-bond donors (Lipinski definition) is 0. The molecule has 184 valence electrons. The van der Waals surface area contributed by atoms with E-state index >= 15 is 0 Å². The van der Waals surface area contributed by atoms with Gasteiger partial charge in [-0.05, 0) is 64.7 Å².